The number of carbonyl (C=O) groups excluding carboxylic acids is 2. The van der Waals surface area contributed by atoms with Gasteiger partial charge in [-0.2, -0.15) is 5.10 Å². The van der Waals surface area contributed by atoms with E-state index in [1.165, 1.54) is 13.2 Å². The Hall–Kier alpha value is -3.15. The highest BCUT2D eigenvalue weighted by atomic mass is 16.5. The molecule has 0 bridgehead atoms. The monoisotopic (exact) mass is 324 g/mol. The molecule has 0 aromatic heterocycles. The van der Waals surface area contributed by atoms with Crippen molar-refractivity contribution in [3.63, 3.8) is 0 Å². The highest BCUT2D eigenvalue weighted by molar-refractivity contribution is 6.43. The van der Waals surface area contributed by atoms with E-state index in [1.807, 2.05) is 30.3 Å². The molecule has 0 N–H and O–H groups in total. The summed E-state index contributed by atoms with van der Waals surface area (Å²) in [5.74, 6) is -0.565. The molecule has 1 heterocycles. The summed E-state index contributed by atoms with van der Waals surface area (Å²) < 4.78 is 10.5. The molecule has 1 aromatic carbocycles. The molecule has 6 nitrogen and oxygen atoms in total. The van der Waals surface area contributed by atoms with E-state index in [1.54, 1.807) is 29.3 Å². The van der Waals surface area contributed by atoms with Gasteiger partial charge in [0.25, 0.3) is 0 Å². The fourth-order valence-electron chi connectivity index (χ4n) is 2.32. The van der Waals surface area contributed by atoms with Gasteiger partial charge in [0.05, 0.1) is 19.3 Å². The third kappa shape index (κ3) is 3.27. The third-order valence-electron chi connectivity index (χ3n) is 3.53. The maximum Gasteiger partial charge on any atom is 0.362 e. The topological polar surface area (TPSA) is 68.2 Å². The number of carbonyl (C=O) groups is 2. The first kappa shape index (κ1) is 15.7. The molecule has 0 saturated heterocycles. The summed E-state index contributed by atoms with van der Waals surface area (Å²) in [5, 5.41) is 5.99. The van der Waals surface area contributed by atoms with Crippen LogP contribution in [0.15, 0.2) is 71.6 Å². The van der Waals surface area contributed by atoms with Gasteiger partial charge in [0.15, 0.2) is 17.6 Å². The lowest BCUT2D eigenvalue weighted by atomic mass is 10.1. The number of hydrazone groups is 1. The number of hydrogen-bond donors (Lipinski definition) is 0. The van der Waals surface area contributed by atoms with Crippen LogP contribution in [0.4, 0.5) is 5.69 Å². The fraction of sp³-hybridized carbons (Fsp3) is 0.167. The first-order chi connectivity index (χ1) is 11.7. The van der Waals surface area contributed by atoms with E-state index >= 15 is 0 Å². The minimum absolute atomic E-state index is 0.0309. The van der Waals surface area contributed by atoms with Crippen LogP contribution < -0.4 is 5.01 Å². The minimum atomic E-state index is -0.764. The van der Waals surface area contributed by atoms with Crippen molar-refractivity contribution >= 4 is 23.2 Å². The number of methoxy groups -OCH3 is 1. The van der Waals surface area contributed by atoms with E-state index in [9.17, 15) is 9.59 Å². The number of ketones is 1. The summed E-state index contributed by atoms with van der Waals surface area (Å²) in [6.45, 7) is 0.417. The standard InChI is InChI=1S/C18H16N2O4/c1-23-18(22)17-16(24-15-10-6-5-9-14(15)21)11-12-20(19-17)13-7-3-2-4-8-13/h2-11,15H,12H2,1H3. The first-order valence-electron chi connectivity index (χ1n) is 7.44. The molecule has 1 unspecified atom stereocenters. The van der Waals surface area contributed by atoms with Crippen LogP contribution in [0.2, 0.25) is 0 Å². The Bertz CT molecular complexity index is 762. The molecule has 0 radical (unpaired) electrons. The highest BCUT2D eigenvalue weighted by Gasteiger charge is 2.28. The van der Waals surface area contributed by atoms with E-state index in [4.69, 9.17) is 9.47 Å². The second-order valence-electron chi connectivity index (χ2n) is 5.11. The molecule has 6 heteroatoms. The van der Waals surface area contributed by atoms with Crippen LogP contribution in [0.25, 0.3) is 0 Å². The number of hydrogen-bond acceptors (Lipinski definition) is 6. The zero-order valence-electron chi connectivity index (χ0n) is 13.1. The van der Waals surface area contributed by atoms with Crippen LogP contribution in [0, 0.1) is 0 Å². The molecule has 3 rings (SSSR count). The fourth-order valence-corrected chi connectivity index (χ4v) is 2.32. The third-order valence-corrected chi connectivity index (χ3v) is 3.53. The van der Waals surface area contributed by atoms with Crippen molar-refractivity contribution in [2.24, 2.45) is 5.10 Å². The summed E-state index contributed by atoms with van der Waals surface area (Å²) in [6, 6.07) is 9.44. The molecule has 0 amide bonds. The van der Waals surface area contributed by atoms with Gasteiger partial charge in [-0.3, -0.25) is 9.80 Å². The molecule has 24 heavy (non-hydrogen) atoms. The van der Waals surface area contributed by atoms with Crippen LogP contribution >= 0.6 is 0 Å². The van der Waals surface area contributed by atoms with E-state index < -0.39 is 12.1 Å². The number of allylic oxidation sites excluding steroid dienone is 2. The van der Waals surface area contributed by atoms with Crippen molar-refractivity contribution in [2.45, 2.75) is 6.10 Å². The lowest BCUT2D eigenvalue weighted by Gasteiger charge is -2.25. The van der Waals surface area contributed by atoms with Gasteiger partial charge in [0.2, 0.25) is 5.71 Å². The van der Waals surface area contributed by atoms with Gasteiger partial charge >= 0.3 is 5.97 Å². The van der Waals surface area contributed by atoms with Gasteiger partial charge in [-0.25, -0.2) is 4.79 Å². The maximum atomic E-state index is 12.1. The van der Waals surface area contributed by atoms with Gasteiger partial charge in [-0.15, -0.1) is 0 Å². The SMILES string of the molecule is COC(=O)C1=NN(c2ccccc2)CC=C1OC1C=CC=CC1=O. The average Bonchev–Trinajstić information content (AvgIpc) is 2.64. The summed E-state index contributed by atoms with van der Waals surface area (Å²) in [4.78, 5) is 23.9. The smallest absolute Gasteiger partial charge is 0.362 e. The van der Waals surface area contributed by atoms with Gasteiger partial charge < -0.3 is 9.47 Å². The van der Waals surface area contributed by atoms with Gasteiger partial charge in [-0.1, -0.05) is 30.4 Å². The van der Waals surface area contributed by atoms with Crippen molar-refractivity contribution in [1.29, 1.82) is 0 Å². The van der Waals surface area contributed by atoms with E-state index in [2.05, 4.69) is 5.10 Å². The predicted molar refractivity (Wildman–Crippen MR) is 89.5 cm³/mol. The van der Waals surface area contributed by atoms with Crippen LogP contribution in [0.3, 0.4) is 0 Å². The molecular weight excluding hydrogens is 308 g/mol. The minimum Gasteiger partial charge on any atom is -0.476 e. The van der Waals surface area contributed by atoms with Crippen LogP contribution in [0.1, 0.15) is 0 Å². The van der Waals surface area contributed by atoms with Crippen molar-refractivity contribution in [3.05, 3.63) is 66.5 Å². The second kappa shape index (κ2) is 6.95. The number of para-hydroxylation sites is 1. The van der Waals surface area contributed by atoms with Gasteiger partial charge in [0, 0.05) is 0 Å². The molecule has 1 aromatic rings. The van der Waals surface area contributed by atoms with Gasteiger partial charge in [0.1, 0.15) is 0 Å². The maximum absolute atomic E-state index is 12.1. The van der Waals surface area contributed by atoms with Crippen molar-refractivity contribution in [3.8, 4) is 0 Å². The van der Waals surface area contributed by atoms with Crippen molar-refractivity contribution in [1.82, 2.24) is 0 Å². The molecule has 0 saturated carbocycles. The van der Waals surface area contributed by atoms with Gasteiger partial charge in [-0.05, 0) is 30.4 Å². The quantitative estimate of drug-likeness (QED) is 0.793. The lowest BCUT2D eigenvalue weighted by Crippen LogP contribution is -2.33. The Morgan fingerprint density at radius 3 is 2.75 bits per heavy atom. The molecule has 1 aliphatic carbocycles. The number of benzene rings is 1. The Kier molecular flexibility index (Phi) is 4.56. The Balaban J connectivity index is 1.84. The number of rotatable bonds is 4. The Morgan fingerprint density at radius 1 is 1.25 bits per heavy atom. The normalized spacial score (nSPS) is 19.6. The molecular formula is C18H16N2O4. The van der Waals surface area contributed by atoms with Crippen LogP contribution in [0.5, 0.6) is 0 Å². The highest BCUT2D eigenvalue weighted by Crippen LogP contribution is 2.21. The Morgan fingerprint density at radius 2 is 2.04 bits per heavy atom. The van der Waals surface area contributed by atoms with Crippen molar-refractivity contribution in [2.75, 3.05) is 18.7 Å². The molecule has 2 aliphatic rings. The zero-order chi connectivity index (χ0) is 16.9. The van der Waals surface area contributed by atoms with E-state index in [-0.39, 0.29) is 17.3 Å². The number of anilines is 1. The first-order valence-corrected chi connectivity index (χ1v) is 7.44. The summed E-state index contributed by atoms with van der Waals surface area (Å²) in [6.07, 6.45) is 7.37. The largest absolute Gasteiger partial charge is 0.476 e. The van der Waals surface area contributed by atoms with Crippen LogP contribution in [-0.4, -0.2) is 37.2 Å². The Labute approximate surface area is 139 Å². The average molecular weight is 324 g/mol. The number of esters is 1. The predicted octanol–water partition coefficient (Wildman–Crippen LogP) is 2.00. The molecule has 1 atom stereocenters. The summed E-state index contributed by atoms with van der Waals surface area (Å²) in [7, 11) is 1.28. The molecule has 1 aliphatic heterocycles. The molecule has 122 valence electrons. The lowest BCUT2D eigenvalue weighted by molar-refractivity contribution is -0.133. The molecule has 0 fully saturated rings. The second-order valence-corrected chi connectivity index (χ2v) is 5.11. The number of ether oxygens (including phenoxy) is 2. The van der Waals surface area contributed by atoms with Crippen LogP contribution in [-0.2, 0) is 19.1 Å². The summed E-state index contributed by atoms with van der Waals surface area (Å²) in [5.41, 5.74) is 0.870. The zero-order valence-corrected chi connectivity index (χ0v) is 13.1. The molecule has 0 spiro atoms. The number of nitrogens with zero attached hydrogens (tertiary/aromatic N) is 2. The summed E-state index contributed by atoms with van der Waals surface area (Å²) >= 11 is 0. The van der Waals surface area contributed by atoms with Crippen molar-refractivity contribution < 1.29 is 19.1 Å². The van der Waals surface area contributed by atoms with E-state index in [0.29, 0.717) is 6.54 Å². The van der Waals surface area contributed by atoms with E-state index in [0.717, 1.165) is 5.69 Å².